The van der Waals surface area contributed by atoms with Crippen LogP contribution in [0.5, 0.6) is 5.75 Å². The summed E-state index contributed by atoms with van der Waals surface area (Å²) in [6.07, 6.45) is 0. The predicted octanol–water partition coefficient (Wildman–Crippen LogP) is 2.41. The van der Waals surface area contributed by atoms with Gasteiger partial charge in [0.05, 0.1) is 19.3 Å². The number of amides is 1. The van der Waals surface area contributed by atoms with Crippen molar-refractivity contribution in [3.63, 3.8) is 0 Å². The molecule has 0 bridgehead atoms. The summed E-state index contributed by atoms with van der Waals surface area (Å²) in [7, 11) is 1.60. The third kappa shape index (κ3) is 4.95. The Balaban J connectivity index is 1.46. The van der Waals surface area contributed by atoms with Gasteiger partial charge in [0, 0.05) is 44.4 Å². The number of para-hydroxylation sites is 1. The molecular formula is C20H23F2N3O2. The third-order valence-corrected chi connectivity index (χ3v) is 4.66. The highest BCUT2D eigenvalue weighted by molar-refractivity contribution is 5.78. The molecule has 0 radical (unpaired) electrons. The van der Waals surface area contributed by atoms with Crippen LogP contribution in [0, 0.1) is 11.6 Å². The van der Waals surface area contributed by atoms with Crippen LogP contribution in [0.3, 0.4) is 0 Å². The van der Waals surface area contributed by atoms with Gasteiger partial charge in [-0.3, -0.25) is 9.69 Å². The van der Waals surface area contributed by atoms with Gasteiger partial charge in [-0.05, 0) is 18.2 Å². The van der Waals surface area contributed by atoms with Crippen molar-refractivity contribution in [3.05, 3.63) is 59.7 Å². The molecule has 0 aromatic heterocycles. The molecule has 0 atom stereocenters. The Morgan fingerprint density at radius 1 is 1.11 bits per heavy atom. The maximum absolute atomic E-state index is 13.9. The molecule has 1 fully saturated rings. The minimum Gasteiger partial charge on any atom is -0.496 e. The lowest BCUT2D eigenvalue weighted by atomic mass is 10.2. The van der Waals surface area contributed by atoms with Gasteiger partial charge in [-0.2, -0.15) is 0 Å². The standard InChI is InChI=1S/C20H23F2N3O2/c1-27-19-5-3-2-4-15(19)13-23-20(26)14-24-8-10-25(11-9-24)18-7-6-16(21)12-17(18)22/h2-7,12H,8-11,13-14H2,1H3,(H,23,26). The van der Waals surface area contributed by atoms with E-state index in [9.17, 15) is 13.6 Å². The van der Waals surface area contributed by atoms with Crippen LogP contribution in [-0.4, -0.2) is 50.6 Å². The molecule has 1 aliphatic rings. The molecule has 0 saturated carbocycles. The number of ether oxygens (including phenoxy) is 1. The average Bonchev–Trinajstić information content (AvgIpc) is 2.67. The van der Waals surface area contributed by atoms with Crippen molar-refractivity contribution < 1.29 is 18.3 Å². The topological polar surface area (TPSA) is 44.8 Å². The van der Waals surface area contributed by atoms with Crippen molar-refractivity contribution in [2.45, 2.75) is 6.54 Å². The van der Waals surface area contributed by atoms with Gasteiger partial charge in [0.25, 0.3) is 0 Å². The normalized spacial score (nSPS) is 14.9. The van der Waals surface area contributed by atoms with Gasteiger partial charge in [0.15, 0.2) is 0 Å². The molecule has 1 N–H and O–H groups in total. The summed E-state index contributed by atoms with van der Waals surface area (Å²) in [5, 5.41) is 2.90. The Morgan fingerprint density at radius 3 is 2.56 bits per heavy atom. The van der Waals surface area contributed by atoms with Gasteiger partial charge in [0.1, 0.15) is 17.4 Å². The minimum atomic E-state index is -0.582. The molecule has 2 aromatic rings. The van der Waals surface area contributed by atoms with Crippen LogP contribution >= 0.6 is 0 Å². The Hall–Kier alpha value is -2.67. The zero-order chi connectivity index (χ0) is 19.2. The zero-order valence-electron chi connectivity index (χ0n) is 15.3. The number of hydrogen-bond donors (Lipinski definition) is 1. The molecule has 1 aliphatic heterocycles. The van der Waals surface area contributed by atoms with Crippen LogP contribution in [-0.2, 0) is 11.3 Å². The molecule has 2 aromatic carbocycles. The molecule has 0 spiro atoms. The van der Waals surface area contributed by atoms with Crippen LogP contribution in [0.4, 0.5) is 14.5 Å². The van der Waals surface area contributed by atoms with Crippen molar-refractivity contribution >= 4 is 11.6 Å². The van der Waals surface area contributed by atoms with E-state index in [2.05, 4.69) is 5.32 Å². The van der Waals surface area contributed by atoms with Gasteiger partial charge in [-0.25, -0.2) is 8.78 Å². The molecule has 27 heavy (non-hydrogen) atoms. The number of halogens is 2. The Bertz CT molecular complexity index is 793. The molecule has 1 saturated heterocycles. The number of benzene rings is 2. The summed E-state index contributed by atoms with van der Waals surface area (Å²) >= 11 is 0. The fourth-order valence-electron chi connectivity index (χ4n) is 3.19. The van der Waals surface area contributed by atoms with Crippen molar-refractivity contribution in [2.24, 2.45) is 0 Å². The van der Waals surface area contributed by atoms with E-state index in [1.807, 2.05) is 34.1 Å². The number of rotatable bonds is 6. The molecule has 1 heterocycles. The van der Waals surface area contributed by atoms with E-state index in [0.29, 0.717) is 38.4 Å². The SMILES string of the molecule is COc1ccccc1CNC(=O)CN1CCN(c2ccc(F)cc2F)CC1. The van der Waals surface area contributed by atoms with Gasteiger partial charge in [-0.1, -0.05) is 18.2 Å². The molecular weight excluding hydrogens is 352 g/mol. The van der Waals surface area contributed by atoms with Crippen molar-refractivity contribution in [1.82, 2.24) is 10.2 Å². The van der Waals surface area contributed by atoms with Crippen molar-refractivity contribution in [3.8, 4) is 5.75 Å². The van der Waals surface area contributed by atoms with Crippen LogP contribution in [0.1, 0.15) is 5.56 Å². The van der Waals surface area contributed by atoms with E-state index >= 15 is 0 Å². The highest BCUT2D eigenvalue weighted by atomic mass is 19.1. The van der Waals surface area contributed by atoms with Crippen LogP contribution in [0.15, 0.2) is 42.5 Å². The lowest BCUT2D eigenvalue weighted by Crippen LogP contribution is -2.49. The van der Waals surface area contributed by atoms with E-state index in [0.717, 1.165) is 17.4 Å². The Kier molecular flexibility index (Phi) is 6.24. The maximum Gasteiger partial charge on any atom is 0.234 e. The fraction of sp³-hybridized carbons (Fsp3) is 0.350. The van der Waals surface area contributed by atoms with Gasteiger partial charge in [-0.15, -0.1) is 0 Å². The highest BCUT2D eigenvalue weighted by Gasteiger charge is 2.21. The number of nitrogens with zero attached hydrogens (tertiary/aromatic N) is 2. The predicted molar refractivity (Wildman–Crippen MR) is 99.9 cm³/mol. The molecule has 144 valence electrons. The van der Waals surface area contributed by atoms with E-state index < -0.39 is 11.6 Å². The van der Waals surface area contributed by atoms with Gasteiger partial charge in [0.2, 0.25) is 5.91 Å². The maximum atomic E-state index is 13.9. The summed E-state index contributed by atoms with van der Waals surface area (Å²) in [6, 6.07) is 11.2. The highest BCUT2D eigenvalue weighted by Crippen LogP contribution is 2.21. The first-order valence-corrected chi connectivity index (χ1v) is 8.88. The summed E-state index contributed by atoms with van der Waals surface area (Å²) in [4.78, 5) is 16.1. The minimum absolute atomic E-state index is 0.0673. The number of piperazine rings is 1. The smallest absolute Gasteiger partial charge is 0.234 e. The Morgan fingerprint density at radius 2 is 1.85 bits per heavy atom. The molecule has 0 unspecified atom stereocenters. The summed E-state index contributed by atoms with van der Waals surface area (Å²) < 4.78 is 32.2. The largest absolute Gasteiger partial charge is 0.496 e. The number of carbonyl (C=O) groups excluding carboxylic acids is 1. The number of nitrogens with one attached hydrogen (secondary N) is 1. The summed E-state index contributed by atoms with van der Waals surface area (Å²) in [6.45, 7) is 3.14. The van der Waals surface area contributed by atoms with E-state index in [1.54, 1.807) is 7.11 Å². The summed E-state index contributed by atoms with van der Waals surface area (Å²) in [5.74, 6) is -0.463. The first kappa shape index (κ1) is 19.1. The molecule has 1 amide bonds. The van der Waals surface area contributed by atoms with E-state index in [-0.39, 0.29) is 12.5 Å². The van der Waals surface area contributed by atoms with Gasteiger partial charge >= 0.3 is 0 Å². The lowest BCUT2D eigenvalue weighted by molar-refractivity contribution is -0.122. The van der Waals surface area contributed by atoms with Crippen molar-refractivity contribution in [2.75, 3.05) is 44.7 Å². The van der Waals surface area contributed by atoms with E-state index in [1.165, 1.54) is 12.1 Å². The summed E-state index contributed by atoms with van der Waals surface area (Å²) in [5.41, 5.74) is 1.32. The van der Waals surface area contributed by atoms with Crippen molar-refractivity contribution in [1.29, 1.82) is 0 Å². The van der Waals surface area contributed by atoms with Crippen LogP contribution in [0.25, 0.3) is 0 Å². The average molecular weight is 375 g/mol. The van der Waals surface area contributed by atoms with Crippen LogP contribution in [0.2, 0.25) is 0 Å². The second-order valence-corrected chi connectivity index (χ2v) is 6.45. The first-order valence-electron chi connectivity index (χ1n) is 8.88. The monoisotopic (exact) mass is 375 g/mol. The van der Waals surface area contributed by atoms with Gasteiger partial charge < -0.3 is 15.0 Å². The number of anilines is 1. The first-order chi connectivity index (χ1) is 13.1. The second kappa shape index (κ2) is 8.81. The fourth-order valence-corrected chi connectivity index (χ4v) is 3.19. The lowest BCUT2D eigenvalue weighted by Gasteiger charge is -2.35. The molecule has 0 aliphatic carbocycles. The molecule has 3 rings (SSSR count). The van der Waals surface area contributed by atoms with E-state index in [4.69, 9.17) is 4.74 Å². The number of methoxy groups -OCH3 is 1. The number of hydrogen-bond acceptors (Lipinski definition) is 4. The molecule has 7 heteroatoms. The Labute approximate surface area is 157 Å². The second-order valence-electron chi connectivity index (χ2n) is 6.45. The number of carbonyl (C=O) groups is 1. The quantitative estimate of drug-likeness (QED) is 0.842. The van der Waals surface area contributed by atoms with Crippen LogP contribution < -0.4 is 15.0 Å². The molecule has 5 nitrogen and oxygen atoms in total. The third-order valence-electron chi connectivity index (χ3n) is 4.66. The zero-order valence-corrected chi connectivity index (χ0v) is 15.3.